The Balaban J connectivity index is 1.40. The number of aliphatic imine (C=N–C) groups is 1. The predicted molar refractivity (Wildman–Crippen MR) is 103 cm³/mol. The van der Waals surface area contributed by atoms with Crippen LogP contribution >= 0.6 is 0 Å². The van der Waals surface area contributed by atoms with E-state index in [1.54, 1.807) is 7.05 Å². The molecule has 3 aliphatic rings. The highest BCUT2D eigenvalue weighted by atomic mass is 32.2. The molecule has 3 fully saturated rings. The molecule has 0 bridgehead atoms. The number of nitrogens with one attached hydrogen (secondary N) is 2. The van der Waals surface area contributed by atoms with Gasteiger partial charge in [-0.15, -0.1) is 0 Å². The Bertz CT molecular complexity index is 641. The third-order valence-electron chi connectivity index (χ3n) is 6.10. The highest BCUT2D eigenvalue weighted by molar-refractivity contribution is 7.91. The van der Waals surface area contributed by atoms with E-state index in [-0.39, 0.29) is 23.5 Å². The number of carbonyl (C=O) groups is 1. The van der Waals surface area contributed by atoms with Crippen LogP contribution in [-0.2, 0) is 14.6 Å². The minimum Gasteiger partial charge on any atom is -0.356 e. The van der Waals surface area contributed by atoms with Gasteiger partial charge in [-0.3, -0.25) is 9.79 Å². The summed E-state index contributed by atoms with van der Waals surface area (Å²) in [5.74, 6) is 1.03. The Hall–Kier alpha value is -1.31. The molecular weight excluding hydrogens is 352 g/mol. The summed E-state index contributed by atoms with van der Waals surface area (Å²) in [5.41, 5.74) is 0.473. The van der Waals surface area contributed by atoms with Gasteiger partial charge in [0.2, 0.25) is 5.91 Å². The number of nitrogens with zero attached hydrogens (tertiary/aromatic N) is 2. The van der Waals surface area contributed by atoms with Crippen molar-refractivity contribution in [2.45, 2.75) is 57.4 Å². The van der Waals surface area contributed by atoms with Crippen molar-refractivity contribution in [1.82, 2.24) is 15.5 Å². The quantitative estimate of drug-likeness (QED) is 0.555. The van der Waals surface area contributed by atoms with Gasteiger partial charge >= 0.3 is 0 Å². The molecule has 1 atom stereocenters. The number of hydrogen-bond acceptors (Lipinski definition) is 4. The number of guanidine groups is 1. The van der Waals surface area contributed by atoms with Gasteiger partial charge in [0, 0.05) is 39.1 Å². The molecular formula is C18H32N4O3S. The SMILES string of the molecule is CN=C(NCCC(=O)NC1CCS(=O)(=O)C1)N1CCC2(CCCCC2)C1. The predicted octanol–water partition coefficient (Wildman–Crippen LogP) is 0.911. The molecule has 0 aromatic carbocycles. The summed E-state index contributed by atoms with van der Waals surface area (Å²) in [5, 5.41) is 6.13. The second kappa shape index (κ2) is 8.15. The third-order valence-corrected chi connectivity index (χ3v) is 7.86. The summed E-state index contributed by atoms with van der Waals surface area (Å²) in [6.07, 6.45) is 8.80. The van der Waals surface area contributed by atoms with Crippen molar-refractivity contribution in [3.8, 4) is 0 Å². The number of amides is 1. The summed E-state index contributed by atoms with van der Waals surface area (Å²) in [6.45, 7) is 2.62. The van der Waals surface area contributed by atoms with Crippen LogP contribution < -0.4 is 10.6 Å². The lowest BCUT2D eigenvalue weighted by Gasteiger charge is -2.33. The summed E-state index contributed by atoms with van der Waals surface area (Å²) < 4.78 is 22.9. The molecule has 7 nitrogen and oxygen atoms in total. The second-order valence-corrected chi connectivity index (χ2v) is 10.4. The maximum Gasteiger partial charge on any atom is 0.222 e. The highest BCUT2D eigenvalue weighted by Crippen LogP contribution is 2.43. The smallest absolute Gasteiger partial charge is 0.222 e. The second-order valence-electron chi connectivity index (χ2n) is 8.12. The molecule has 2 heterocycles. The Kier molecular flexibility index (Phi) is 6.10. The molecule has 2 N–H and O–H groups in total. The van der Waals surface area contributed by atoms with Crippen LogP contribution in [0.1, 0.15) is 51.4 Å². The number of carbonyl (C=O) groups excluding carboxylic acids is 1. The number of sulfone groups is 1. The fourth-order valence-electron chi connectivity index (χ4n) is 4.65. The van der Waals surface area contributed by atoms with Crippen LogP contribution in [0.15, 0.2) is 4.99 Å². The molecule has 26 heavy (non-hydrogen) atoms. The van der Waals surface area contributed by atoms with Gasteiger partial charge in [-0.2, -0.15) is 0 Å². The minimum atomic E-state index is -2.96. The van der Waals surface area contributed by atoms with E-state index < -0.39 is 9.84 Å². The van der Waals surface area contributed by atoms with E-state index in [2.05, 4.69) is 20.5 Å². The summed E-state index contributed by atoms with van der Waals surface area (Å²) >= 11 is 0. The average Bonchev–Trinajstić information content (AvgIpc) is 3.15. The number of likely N-dealkylation sites (tertiary alicyclic amines) is 1. The van der Waals surface area contributed by atoms with Gasteiger partial charge in [-0.05, 0) is 31.1 Å². The van der Waals surface area contributed by atoms with Gasteiger partial charge in [-0.25, -0.2) is 8.42 Å². The molecule has 1 amide bonds. The van der Waals surface area contributed by atoms with Crippen LogP contribution in [-0.4, -0.2) is 69.4 Å². The van der Waals surface area contributed by atoms with Gasteiger partial charge < -0.3 is 15.5 Å². The van der Waals surface area contributed by atoms with E-state index in [9.17, 15) is 13.2 Å². The fourth-order valence-corrected chi connectivity index (χ4v) is 6.33. The third kappa shape index (κ3) is 4.90. The first-order valence-electron chi connectivity index (χ1n) is 9.87. The van der Waals surface area contributed by atoms with Crippen LogP contribution in [0, 0.1) is 5.41 Å². The van der Waals surface area contributed by atoms with Gasteiger partial charge in [-0.1, -0.05) is 19.3 Å². The zero-order valence-electron chi connectivity index (χ0n) is 15.8. The van der Waals surface area contributed by atoms with Gasteiger partial charge in [0.1, 0.15) is 0 Å². The standard InChI is InChI=1S/C18H32N4O3S/c1-19-17(22-11-9-18(14-22)7-3-2-4-8-18)20-10-5-16(23)21-15-6-12-26(24,25)13-15/h15H,2-14H2,1H3,(H,19,20)(H,21,23). The Morgan fingerprint density at radius 3 is 2.65 bits per heavy atom. The zero-order chi connectivity index (χ0) is 18.6. The van der Waals surface area contributed by atoms with Crippen molar-refractivity contribution in [3.05, 3.63) is 0 Å². The summed E-state index contributed by atoms with van der Waals surface area (Å²) in [4.78, 5) is 18.8. The van der Waals surface area contributed by atoms with E-state index in [4.69, 9.17) is 0 Å². The molecule has 1 spiro atoms. The van der Waals surface area contributed by atoms with Crippen molar-refractivity contribution in [1.29, 1.82) is 0 Å². The summed E-state index contributed by atoms with van der Waals surface area (Å²) in [6, 6.07) is -0.225. The largest absolute Gasteiger partial charge is 0.356 e. The lowest BCUT2D eigenvalue weighted by atomic mass is 9.73. The van der Waals surface area contributed by atoms with Crippen molar-refractivity contribution >= 4 is 21.7 Å². The molecule has 1 unspecified atom stereocenters. The molecule has 0 radical (unpaired) electrons. The maximum atomic E-state index is 12.0. The van der Waals surface area contributed by atoms with Crippen molar-refractivity contribution in [2.24, 2.45) is 10.4 Å². The van der Waals surface area contributed by atoms with Gasteiger partial charge in [0.05, 0.1) is 11.5 Å². The first-order valence-corrected chi connectivity index (χ1v) is 11.7. The molecule has 1 saturated carbocycles. The maximum absolute atomic E-state index is 12.0. The molecule has 2 aliphatic heterocycles. The van der Waals surface area contributed by atoms with Crippen LogP contribution in [0.2, 0.25) is 0 Å². The molecule has 1 aliphatic carbocycles. The Morgan fingerprint density at radius 2 is 2.00 bits per heavy atom. The monoisotopic (exact) mass is 384 g/mol. The normalized spacial score (nSPS) is 27.7. The van der Waals surface area contributed by atoms with Crippen molar-refractivity contribution in [3.63, 3.8) is 0 Å². The van der Waals surface area contributed by atoms with Crippen molar-refractivity contribution < 1.29 is 13.2 Å². The lowest BCUT2D eigenvalue weighted by Crippen LogP contribution is -2.43. The number of rotatable bonds is 4. The molecule has 0 aromatic heterocycles. The van der Waals surface area contributed by atoms with Crippen LogP contribution in [0.4, 0.5) is 0 Å². The Morgan fingerprint density at radius 1 is 1.23 bits per heavy atom. The highest BCUT2D eigenvalue weighted by Gasteiger charge is 2.39. The van der Waals surface area contributed by atoms with Gasteiger partial charge in [0.15, 0.2) is 15.8 Å². The van der Waals surface area contributed by atoms with Gasteiger partial charge in [0.25, 0.3) is 0 Å². The van der Waals surface area contributed by atoms with E-state index >= 15 is 0 Å². The van der Waals surface area contributed by atoms with E-state index in [1.165, 1.54) is 38.5 Å². The fraction of sp³-hybridized carbons (Fsp3) is 0.889. The van der Waals surface area contributed by atoms with E-state index in [0.717, 1.165) is 19.0 Å². The molecule has 0 aromatic rings. The molecule has 8 heteroatoms. The molecule has 3 rings (SSSR count). The first-order chi connectivity index (χ1) is 12.4. The van der Waals surface area contributed by atoms with Crippen molar-refractivity contribution in [2.75, 3.05) is 38.2 Å². The lowest BCUT2D eigenvalue weighted by molar-refractivity contribution is -0.121. The topological polar surface area (TPSA) is 90.9 Å². The van der Waals surface area contributed by atoms with Crippen LogP contribution in [0.5, 0.6) is 0 Å². The Labute approximate surface area is 156 Å². The van der Waals surface area contributed by atoms with E-state index in [0.29, 0.717) is 24.8 Å². The van der Waals surface area contributed by atoms with Crippen LogP contribution in [0.25, 0.3) is 0 Å². The van der Waals surface area contributed by atoms with Crippen LogP contribution in [0.3, 0.4) is 0 Å². The minimum absolute atomic E-state index is 0.0731. The molecule has 2 saturated heterocycles. The number of hydrogen-bond donors (Lipinski definition) is 2. The molecule has 148 valence electrons. The summed E-state index contributed by atoms with van der Waals surface area (Å²) in [7, 11) is -1.17. The first kappa shape index (κ1) is 19.5. The zero-order valence-corrected chi connectivity index (χ0v) is 16.6. The van der Waals surface area contributed by atoms with E-state index in [1.807, 2.05) is 0 Å². The average molecular weight is 385 g/mol.